The topological polar surface area (TPSA) is 84.5 Å². The zero-order chi connectivity index (χ0) is 23.0. The Bertz CT molecular complexity index is 1240. The average molecular weight is 457 g/mol. The van der Waals surface area contributed by atoms with Gasteiger partial charge in [0.15, 0.2) is 12.4 Å². The molecule has 0 atom stereocenters. The van der Waals surface area contributed by atoms with E-state index in [0.29, 0.717) is 33.1 Å². The molecular weight excluding hydrogens is 436 g/mol. The second-order valence-corrected chi connectivity index (χ2v) is 8.01. The summed E-state index contributed by atoms with van der Waals surface area (Å²) in [4.78, 5) is 37.4. The van der Waals surface area contributed by atoms with Crippen LogP contribution in [-0.2, 0) is 4.79 Å². The number of ether oxygens (including phenoxy) is 1. The monoisotopic (exact) mass is 456 g/mol. The minimum atomic E-state index is -0.324. The quantitative estimate of drug-likeness (QED) is 0.355. The lowest BCUT2D eigenvalue weighted by molar-refractivity contribution is -0.118. The fourth-order valence-corrected chi connectivity index (χ4v) is 3.66. The van der Waals surface area contributed by atoms with Crippen LogP contribution in [0.4, 0.5) is 11.4 Å². The molecule has 0 spiro atoms. The Hall–Kier alpha value is -4.23. The first-order chi connectivity index (χ1) is 16.1. The van der Waals surface area contributed by atoms with Gasteiger partial charge in [0.1, 0.15) is 5.75 Å². The van der Waals surface area contributed by atoms with Crippen LogP contribution in [0, 0.1) is 0 Å². The molecule has 2 N–H and O–H groups in total. The molecule has 0 radical (unpaired) electrons. The Morgan fingerprint density at radius 1 is 0.697 bits per heavy atom. The summed E-state index contributed by atoms with van der Waals surface area (Å²) in [5, 5.41) is 7.39. The number of benzene rings is 3. The molecule has 0 aliphatic carbocycles. The third-order valence-corrected chi connectivity index (χ3v) is 5.56. The maximum atomic E-state index is 12.4. The molecule has 0 saturated heterocycles. The number of hydrogen-bond acceptors (Lipinski definition) is 5. The van der Waals surface area contributed by atoms with Gasteiger partial charge in [-0.15, -0.1) is 11.3 Å². The predicted molar refractivity (Wildman–Crippen MR) is 129 cm³/mol. The zero-order valence-corrected chi connectivity index (χ0v) is 18.3. The molecule has 1 aromatic heterocycles. The van der Waals surface area contributed by atoms with E-state index in [4.69, 9.17) is 4.74 Å². The molecule has 2 amide bonds. The Kier molecular flexibility index (Phi) is 6.92. The molecule has 4 aromatic rings. The van der Waals surface area contributed by atoms with Crippen molar-refractivity contribution in [1.82, 2.24) is 0 Å². The molecule has 1 heterocycles. The van der Waals surface area contributed by atoms with E-state index in [9.17, 15) is 14.4 Å². The molecule has 0 bridgehead atoms. The summed E-state index contributed by atoms with van der Waals surface area (Å²) in [5.74, 6) is -0.0854. The lowest BCUT2D eigenvalue weighted by Gasteiger charge is -2.09. The second-order valence-electron chi connectivity index (χ2n) is 7.07. The van der Waals surface area contributed by atoms with Gasteiger partial charge in [0.2, 0.25) is 0 Å². The van der Waals surface area contributed by atoms with Gasteiger partial charge >= 0.3 is 0 Å². The second kappa shape index (κ2) is 10.4. The van der Waals surface area contributed by atoms with Gasteiger partial charge in [-0.2, -0.15) is 0 Å². The van der Waals surface area contributed by atoms with Crippen molar-refractivity contribution in [3.63, 3.8) is 0 Å². The van der Waals surface area contributed by atoms with Crippen LogP contribution in [0.25, 0.3) is 0 Å². The van der Waals surface area contributed by atoms with Crippen LogP contribution in [-0.4, -0.2) is 24.2 Å². The Morgan fingerprint density at radius 3 is 1.97 bits per heavy atom. The SMILES string of the molecule is O=C(COc1ccc(C(=O)c2ccccc2)cc1)Nc1ccc(NC(=O)c2cccs2)cc1. The highest BCUT2D eigenvalue weighted by atomic mass is 32.1. The molecule has 0 aliphatic rings. The first-order valence-electron chi connectivity index (χ1n) is 10.2. The molecule has 0 fully saturated rings. The number of anilines is 2. The van der Waals surface area contributed by atoms with Crippen molar-refractivity contribution in [3.8, 4) is 5.75 Å². The summed E-state index contributed by atoms with van der Waals surface area (Å²) in [5.41, 5.74) is 2.38. The van der Waals surface area contributed by atoms with E-state index in [0.717, 1.165) is 0 Å². The van der Waals surface area contributed by atoms with Gasteiger partial charge in [-0.3, -0.25) is 14.4 Å². The highest BCUT2D eigenvalue weighted by Crippen LogP contribution is 2.18. The molecule has 4 rings (SSSR count). The fraction of sp³-hybridized carbons (Fsp3) is 0.0385. The number of thiophene rings is 1. The summed E-state index contributed by atoms with van der Waals surface area (Å²) in [6.45, 7) is -0.178. The van der Waals surface area contributed by atoms with Crippen LogP contribution in [0.1, 0.15) is 25.6 Å². The average Bonchev–Trinajstić information content (AvgIpc) is 3.40. The Balaban J connectivity index is 1.26. The third kappa shape index (κ3) is 5.93. The highest BCUT2D eigenvalue weighted by molar-refractivity contribution is 7.12. The normalized spacial score (nSPS) is 10.3. The minimum absolute atomic E-state index is 0.0741. The fourth-order valence-electron chi connectivity index (χ4n) is 3.04. The van der Waals surface area contributed by atoms with Gasteiger partial charge in [-0.25, -0.2) is 0 Å². The van der Waals surface area contributed by atoms with Crippen molar-refractivity contribution < 1.29 is 19.1 Å². The van der Waals surface area contributed by atoms with Crippen molar-refractivity contribution in [2.24, 2.45) is 0 Å². The highest BCUT2D eigenvalue weighted by Gasteiger charge is 2.10. The number of carbonyl (C=O) groups is 3. The standard InChI is InChI=1S/C26H20N2O4S/c29-24(27-20-10-12-21(13-11-20)28-26(31)23-7-4-16-33-23)17-32-22-14-8-19(9-15-22)25(30)18-5-2-1-3-6-18/h1-16H,17H2,(H,27,29)(H,28,31). The van der Waals surface area contributed by atoms with E-state index >= 15 is 0 Å². The summed E-state index contributed by atoms with van der Waals surface area (Å²) in [7, 11) is 0. The van der Waals surface area contributed by atoms with Crippen molar-refractivity contribution in [1.29, 1.82) is 0 Å². The van der Waals surface area contributed by atoms with Gasteiger partial charge in [0.25, 0.3) is 11.8 Å². The van der Waals surface area contributed by atoms with E-state index < -0.39 is 0 Å². The first kappa shape index (κ1) is 22.0. The van der Waals surface area contributed by atoms with Gasteiger partial charge in [0.05, 0.1) is 4.88 Å². The predicted octanol–water partition coefficient (Wildman–Crippen LogP) is 5.25. The number of carbonyl (C=O) groups excluding carboxylic acids is 3. The van der Waals surface area contributed by atoms with Crippen LogP contribution in [0.3, 0.4) is 0 Å². The van der Waals surface area contributed by atoms with Crippen LogP contribution in [0.15, 0.2) is 96.4 Å². The van der Waals surface area contributed by atoms with Gasteiger partial charge in [0, 0.05) is 22.5 Å². The summed E-state index contributed by atoms with van der Waals surface area (Å²) < 4.78 is 5.52. The number of hydrogen-bond donors (Lipinski definition) is 2. The molecule has 0 aliphatic heterocycles. The molecule has 0 unspecified atom stereocenters. The van der Waals surface area contributed by atoms with Crippen LogP contribution in [0.5, 0.6) is 5.75 Å². The van der Waals surface area contributed by atoms with E-state index in [2.05, 4.69) is 10.6 Å². The van der Waals surface area contributed by atoms with E-state index in [-0.39, 0.29) is 24.2 Å². The van der Waals surface area contributed by atoms with Gasteiger partial charge in [-0.05, 0) is 60.0 Å². The third-order valence-electron chi connectivity index (χ3n) is 4.69. The number of rotatable bonds is 8. The Labute approximate surface area is 194 Å². The zero-order valence-electron chi connectivity index (χ0n) is 17.5. The molecular formula is C26H20N2O4S. The molecule has 164 valence electrons. The van der Waals surface area contributed by atoms with Gasteiger partial charge < -0.3 is 15.4 Å². The lowest BCUT2D eigenvalue weighted by Crippen LogP contribution is -2.20. The number of ketones is 1. The van der Waals surface area contributed by atoms with Crippen LogP contribution >= 0.6 is 11.3 Å². The molecule has 6 nitrogen and oxygen atoms in total. The van der Waals surface area contributed by atoms with Crippen LogP contribution < -0.4 is 15.4 Å². The minimum Gasteiger partial charge on any atom is -0.484 e. The van der Waals surface area contributed by atoms with Crippen molar-refractivity contribution >= 4 is 40.3 Å². The summed E-state index contributed by atoms with van der Waals surface area (Å²) in [6.07, 6.45) is 0. The molecule has 0 saturated carbocycles. The van der Waals surface area contributed by atoms with E-state index in [1.165, 1.54) is 11.3 Å². The summed E-state index contributed by atoms with van der Waals surface area (Å²) in [6, 6.07) is 26.1. The largest absolute Gasteiger partial charge is 0.484 e. The molecule has 3 aromatic carbocycles. The smallest absolute Gasteiger partial charge is 0.265 e. The Morgan fingerprint density at radius 2 is 1.33 bits per heavy atom. The molecule has 33 heavy (non-hydrogen) atoms. The maximum absolute atomic E-state index is 12.4. The maximum Gasteiger partial charge on any atom is 0.265 e. The van der Waals surface area contributed by atoms with E-state index in [1.807, 2.05) is 29.6 Å². The van der Waals surface area contributed by atoms with Gasteiger partial charge in [-0.1, -0.05) is 36.4 Å². The first-order valence-corrected chi connectivity index (χ1v) is 11.0. The van der Waals surface area contributed by atoms with Crippen molar-refractivity contribution in [3.05, 3.63) is 112 Å². The molecule has 7 heteroatoms. The van der Waals surface area contributed by atoms with Crippen LogP contribution in [0.2, 0.25) is 0 Å². The van der Waals surface area contributed by atoms with E-state index in [1.54, 1.807) is 66.7 Å². The van der Waals surface area contributed by atoms with Crippen molar-refractivity contribution in [2.75, 3.05) is 17.2 Å². The number of nitrogens with one attached hydrogen (secondary N) is 2. The number of amides is 2. The summed E-state index contributed by atoms with van der Waals surface area (Å²) >= 11 is 1.37. The lowest BCUT2D eigenvalue weighted by atomic mass is 10.0. The van der Waals surface area contributed by atoms with Crippen molar-refractivity contribution in [2.45, 2.75) is 0 Å².